The van der Waals surface area contributed by atoms with E-state index in [4.69, 9.17) is 0 Å². The summed E-state index contributed by atoms with van der Waals surface area (Å²) in [6.45, 7) is 0. The van der Waals surface area contributed by atoms with Crippen LogP contribution in [0.25, 0.3) is 0 Å². The third-order valence-electron chi connectivity index (χ3n) is 4.96. The van der Waals surface area contributed by atoms with Gasteiger partial charge >= 0.3 is 189 Å². The Morgan fingerprint density at radius 3 is 1.34 bits per heavy atom. The molecule has 8 heteroatoms. The van der Waals surface area contributed by atoms with Crippen LogP contribution in [0.15, 0.2) is 123 Å². The molecular formula is C24H19AsN2O4S. The third-order valence-corrected chi connectivity index (χ3v) is 15.8. The Hall–Kier alpha value is -3.41. The van der Waals surface area contributed by atoms with Crippen LogP contribution in [0.5, 0.6) is 0 Å². The van der Waals surface area contributed by atoms with Gasteiger partial charge in [0.05, 0.1) is 0 Å². The van der Waals surface area contributed by atoms with E-state index in [1.54, 1.807) is 0 Å². The molecule has 4 rings (SSSR count). The van der Waals surface area contributed by atoms with Gasteiger partial charge in [-0.2, -0.15) is 0 Å². The molecule has 0 fully saturated rings. The Morgan fingerprint density at radius 1 is 0.625 bits per heavy atom. The molecule has 0 saturated carbocycles. The van der Waals surface area contributed by atoms with Crippen LogP contribution in [-0.2, 0) is 10.0 Å². The van der Waals surface area contributed by atoms with Crippen LogP contribution < -0.4 is 13.1 Å². The van der Waals surface area contributed by atoms with E-state index in [9.17, 15) is 18.5 Å². The van der Waals surface area contributed by atoms with E-state index in [0.717, 1.165) is 13.1 Å². The average Bonchev–Trinajstić information content (AvgIpc) is 2.84. The maximum atomic E-state index is 13.6. The van der Waals surface area contributed by atoms with E-state index in [1.807, 2.05) is 91.0 Å². The standard InChI is InChI=1S/C24H19AsN2O4S/c28-27(29)23-16-18-24(19-17-23)32(30,31)26-25(20-10-4-1-5-11-20,21-12-6-2-7-13-21)22-14-8-3-9-15-22/h1-19H. The van der Waals surface area contributed by atoms with Crippen molar-refractivity contribution in [2.45, 2.75) is 4.90 Å². The number of nitro groups is 1. The van der Waals surface area contributed by atoms with Crippen molar-refractivity contribution < 1.29 is 13.3 Å². The quantitative estimate of drug-likeness (QED) is 0.228. The number of hydrogen-bond acceptors (Lipinski definition) is 4. The summed E-state index contributed by atoms with van der Waals surface area (Å²) in [5.41, 5.74) is -0.176. The van der Waals surface area contributed by atoms with E-state index >= 15 is 0 Å². The van der Waals surface area contributed by atoms with Crippen molar-refractivity contribution >= 4 is 42.1 Å². The molecule has 0 aromatic heterocycles. The van der Waals surface area contributed by atoms with Gasteiger partial charge in [0, 0.05) is 0 Å². The molecule has 0 amide bonds. The molecule has 160 valence electrons. The van der Waals surface area contributed by atoms with Gasteiger partial charge in [-0.1, -0.05) is 0 Å². The second kappa shape index (κ2) is 8.99. The summed E-state index contributed by atoms with van der Waals surface area (Å²) >= 11 is -3.86. The van der Waals surface area contributed by atoms with Gasteiger partial charge in [-0.25, -0.2) is 0 Å². The van der Waals surface area contributed by atoms with Gasteiger partial charge in [-0.3, -0.25) is 0 Å². The van der Waals surface area contributed by atoms with Crippen LogP contribution in [-0.4, -0.2) is 26.7 Å². The molecule has 4 aromatic rings. The summed E-state index contributed by atoms with van der Waals surface area (Å²) in [6.07, 6.45) is 0. The molecule has 0 aliphatic carbocycles. The number of benzene rings is 4. The molecule has 0 N–H and O–H groups in total. The van der Waals surface area contributed by atoms with Crippen LogP contribution in [0.1, 0.15) is 0 Å². The minimum absolute atomic E-state index is 0.0725. The first-order valence-corrected chi connectivity index (χ1v) is 14.8. The number of non-ortho nitro benzene ring substituents is 1. The second-order valence-electron chi connectivity index (χ2n) is 6.95. The van der Waals surface area contributed by atoms with Crippen molar-refractivity contribution in [1.29, 1.82) is 0 Å². The van der Waals surface area contributed by atoms with Crippen molar-refractivity contribution in [1.82, 2.24) is 0 Å². The first-order chi connectivity index (χ1) is 15.4. The molecule has 0 radical (unpaired) electrons. The zero-order valence-corrected chi connectivity index (χ0v) is 19.5. The summed E-state index contributed by atoms with van der Waals surface area (Å²) in [5, 5.41) is 11.0. The second-order valence-corrected chi connectivity index (χ2v) is 15.5. The van der Waals surface area contributed by atoms with Crippen molar-refractivity contribution in [3.8, 4) is 0 Å². The Bertz CT molecular complexity index is 1290. The van der Waals surface area contributed by atoms with Crippen molar-refractivity contribution in [2.75, 3.05) is 0 Å². The predicted octanol–water partition coefficient (Wildman–Crippen LogP) is 3.22. The normalized spacial score (nSPS) is 11.6. The van der Waals surface area contributed by atoms with E-state index in [-0.39, 0.29) is 10.6 Å². The Kier molecular flexibility index (Phi) is 6.12. The van der Waals surface area contributed by atoms with Gasteiger partial charge in [0.2, 0.25) is 0 Å². The summed E-state index contributed by atoms with van der Waals surface area (Å²) in [6, 6.07) is 33.3. The van der Waals surface area contributed by atoms with Gasteiger partial charge in [-0.15, -0.1) is 0 Å². The molecule has 0 aliphatic heterocycles. The van der Waals surface area contributed by atoms with Crippen molar-refractivity contribution in [2.24, 2.45) is 3.27 Å². The maximum absolute atomic E-state index is 13.6. The predicted molar refractivity (Wildman–Crippen MR) is 127 cm³/mol. The Labute approximate surface area is 188 Å². The molecule has 0 saturated heterocycles. The van der Waals surface area contributed by atoms with Crippen LogP contribution in [0.2, 0.25) is 0 Å². The molecule has 0 unspecified atom stereocenters. The van der Waals surface area contributed by atoms with E-state index in [0.29, 0.717) is 0 Å². The first kappa shape index (κ1) is 21.8. The molecule has 0 atom stereocenters. The fourth-order valence-corrected chi connectivity index (χ4v) is 14.7. The van der Waals surface area contributed by atoms with E-state index < -0.39 is 28.3 Å². The number of sulfonamides is 1. The molecule has 6 nitrogen and oxygen atoms in total. The molecule has 0 spiro atoms. The molecule has 0 aliphatic rings. The van der Waals surface area contributed by atoms with E-state index in [1.165, 1.54) is 24.3 Å². The fourth-order valence-electron chi connectivity index (χ4n) is 3.47. The molecule has 0 bridgehead atoms. The summed E-state index contributed by atoms with van der Waals surface area (Å²) in [5.74, 6) is 0. The molecule has 4 aromatic carbocycles. The number of nitrogens with zero attached hydrogens (tertiary/aromatic N) is 2. The SMILES string of the molecule is O=[N+]([O-])c1ccc(S(=O)(=O)N=[As](c2ccccc2)(c2ccccc2)c2ccccc2)cc1. The van der Waals surface area contributed by atoms with Crippen molar-refractivity contribution in [3.63, 3.8) is 0 Å². The molecule has 32 heavy (non-hydrogen) atoms. The van der Waals surface area contributed by atoms with Gasteiger partial charge in [-0.05, 0) is 0 Å². The topological polar surface area (TPSA) is 89.6 Å². The van der Waals surface area contributed by atoms with Gasteiger partial charge in [0.25, 0.3) is 0 Å². The minimum atomic E-state index is -4.13. The number of hydrogen-bond donors (Lipinski definition) is 0. The van der Waals surface area contributed by atoms with Gasteiger partial charge in [0.1, 0.15) is 0 Å². The van der Waals surface area contributed by atoms with Crippen LogP contribution in [0, 0.1) is 10.1 Å². The summed E-state index contributed by atoms with van der Waals surface area (Å²) in [7, 11) is -4.13. The Balaban J connectivity index is 2.07. The molecular weight excluding hydrogens is 487 g/mol. The Morgan fingerprint density at radius 2 is 1.00 bits per heavy atom. The van der Waals surface area contributed by atoms with Gasteiger partial charge in [0.15, 0.2) is 0 Å². The monoisotopic (exact) mass is 506 g/mol. The number of rotatable bonds is 6. The zero-order chi connectivity index (χ0) is 22.6. The third kappa shape index (κ3) is 4.17. The summed E-state index contributed by atoms with van der Waals surface area (Å²) < 4.78 is 34.3. The van der Waals surface area contributed by atoms with Gasteiger partial charge < -0.3 is 0 Å². The number of nitro benzene ring substituents is 1. The fraction of sp³-hybridized carbons (Fsp3) is 0. The van der Waals surface area contributed by atoms with Crippen LogP contribution in [0.3, 0.4) is 0 Å². The van der Waals surface area contributed by atoms with Crippen molar-refractivity contribution in [3.05, 3.63) is 125 Å². The van der Waals surface area contributed by atoms with E-state index in [2.05, 4.69) is 3.27 Å². The molecule has 0 heterocycles. The van der Waals surface area contributed by atoms with Crippen LogP contribution >= 0.6 is 0 Å². The van der Waals surface area contributed by atoms with Crippen LogP contribution in [0.4, 0.5) is 5.69 Å². The first-order valence-electron chi connectivity index (χ1n) is 9.73. The zero-order valence-electron chi connectivity index (χ0n) is 16.9. The summed E-state index contributed by atoms with van der Waals surface area (Å²) in [4.78, 5) is 10.4. The average molecular weight is 506 g/mol.